The molecule has 0 spiro atoms. The van der Waals surface area contributed by atoms with Gasteiger partial charge in [0.25, 0.3) is 5.91 Å². The summed E-state index contributed by atoms with van der Waals surface area (Å²) in [6.07, 6.45) is 1.15. The zero-order valence-corrected chi connectivity index (χ0v) is 14.5. The molecule has 0 saturated heterocycles. The summed E-state index contributed by atoms with van der Waals surface area (Å²) in [4.78, 5) is 14.1. The van der Waals surface area contributed by atoms with Crippen LogP contribution in [0.5, 0.6) is 0 Å². The monoisotopic (exact) mass is 332 g/mol. The van der Waals surface area contributed by atoms with E-state index < -0.39 is 10.0 Å². The van der Waals surface area contributed by atoms with Crippen LogP contribution in [-0.4, -0.2) is 34.7 Å². The summed E-state index contributed by atoms with van der Waals surface area (Å²) in [6.45, 7) is 1.89. The molecule has 0 radical (unpaired) electrons. The first-order valence-electron chi connectivity index (χ1n) is 7.09. The first-order valence-corrected chi connectivity index (χ1v) is 8.94. The quantitative estimate of drug-likeness (QED) is 0.865. The summed E-state index contributed by atoms with van der Waals surface area (Å²) in [5.74, 6) is -0.104. The van der Waals surface area contributed by atoms with Crippen molar-refractivity contribution >= 4 is 27.3 Å². The molecule has 0 aromatic heterocycles. The number of anilines is 2. The van der Waals surface area contributed by atoms with E-state index >= 15 is 0 Å². The third-order valence-corrected chi connectivity index (χ3v) is 4.98. The van der Waals surface area contributed by atoms with E-state index in [-0.39, 0.29) is 5.91 Å². The molecule has 1 amide bonds. The molecule has 23 heavy (non-hydrogen) atoms. The fraction of sp³-hybridized carbons (Fsp3) is 0.235. The molecular weight excluding hydrogens is 312 g/mol. The van der Waals surface area contributed by atoms with Crippen molar-refractivity contribution < 1.29 is 13.2 Å². The van der Waals surface area contributed by atoms with E-state index in [0.29, 0.717) is 16.9 Å². The zero-order valence-electron chi connectivity index (χ0n) is 13.6. The van der Waals surface area contributed by atoms with Crippen LogP contribution in [0, 0.1) is 6.92 Å². The van der Waals surface area contributed by atoms with E-state index in [1.54, 1.807) is 42.3 Å². The number of benzene rings is 2. The zero-order chi connectivity index (χ0) is 17.2. The molecule has 0 aliphatic rings. The number of hydrogen-bond acceptors (Lipinski definition) is 3. The first kappa shape index (κ1) is 17.0. The summed E-state index contributed by atoms with van der Waals surface area (Å²) < 4.78 is 24.3. The summed E-state index contributed by atoms with van der Waals surface area (Å²) in [5.41, 5.74) is 2.81. The van der Waals surface area contributed by atoms with Crippen molar-refractivity contribution in [3.05, 3.63) is 59.7 Å². The second-order valence-corrected chi connectivity index (χ2v) is 7.44. The Bertz CT molecular complexity index is 814. The third-order valence-electron chi connectivity index (χ3n) is 3.78. The molecule has 0 atom stereocenters. The van der Waals surface area contributed by atoms with Crippen molar-refractivity contribution in [2.75, 3.05) is 29.6 Å². The molecule has 2 aromatic carbocycles. The smallest absolute Gasteiger partial charge is 0.258 e. The normalized spacial score (nSPS) is 11.1. The number of sulfonamides is 1. The molecule has 0 aliphatic carbocycles. The van der Waals surface area contributed by atoms with Crippen LogP contribution in [0.3, 0.4) is 0 Å². The lowest BCUT2D eigenvalue weighted by Crippen LogP contribution is -2.27. The van der Waals surface area contributed by atoms with Crippen LogP contribution >= 0.6 is 0 Å². The molecule has 0 heterocycles. The molecule has 0 N–H and O–H groups in total. The minimum atomic E-state index is -3.30. The lowest BCUT2D eigenvalue weighted by Gasteiger charge is -2.21. The number of rotatable bonds is 4. The highest BCUT2D eigenvalue weighted by Gasteiger charge is 2.16. The van der Waals surface area contributed by atoms with Crippen molar-refractivity contribution in [2.24, 2.45) is 0 Å². The molecule has 0 bridgehead atoms. The van der Waals surface area contributed by atoms with Gasteiger partial charge >= 0.3 is 0 Å². The largest absolute Gasteiger partial charge is 0.311 e. The van der Waals surface area contributed by atoms with Gasteiger partial charge in [0, 0.05) is 25.3 Å². The number of carbonyl (C=O) groups is 1. The van der Waals surface area contributed by atoms with E-state index in [1.807, 2.05) is 25.1 Å². The molecule has 5 nitrogen and oxygen atoms in total. The van der Waals surface area contributed by atoms with Crippen LogP contribution in [-0.2, 0) is 10.0 Å². The molecule has 122 valence electrons. The maximum Gasteiger partial charge on any atom is 0.258 e. The van der Waals surface area contributed by atoms with Gasteiger partial charge in [-0.1, -0.05) is 18.2 Å². The van der Waals surface area contributed by atoms with Gasteiger partial charge in [0.15, 0.2) is 0 Å². The Labute approximate surface area is 137 Å². The van der Waals surface area contributed by atoms with Crippen molar-refractivity contribution in [3.63, 3.8) is 0 Å². The Morgan fingerprint density at radius 2 is 1.43 bits per heavy atom. The van der Waals surface area contributed by atoms with E-state index in [2.05, 4.69) is 0 Å². The van der Waals surface area contributed by atoms with Crippen molar-refractivity contribution in [1.82, 2.24) is 0 Å². The number of aryl methyl sites for hydroxylation is 1. The van der Waals surface area contributed by atoms with Gasteiger partial charge in [0.2, 0.25) is 10.0 Å². The Kier molecular flexibility index (Phi) is 4.75. The van der Waals surface area contributed by atoms with Crippen LogP contribution in [0.25, 0.3) is 0 Å². The van der Waals surface area contributed by atoms with E-state index in [1.165, 1.54) is 11.4 Å². The predicted molar refractivity (Wildman–Crippen MR) is 93.6 cm³/mol. The van der Waals surface area contributed by atoms with Crippen LogP contribution in [0.15, 0.2) is 48.5 Å². The maximum atomic E-state index is 12.6. The average molecular weight is 332 g/mol. The number of amides is 1. The van der Waals surface area contributed by atoms with Crippen molar-refractivity contribution in [2.45, 2.75) is 6.92 Å². The second-order valence-electron chi connectivity index (χ2n) is 5.43. The van der Waals surface area contributed by atoms with Crippen LogP contribution in [0.4, 0.5) is 11.4 Å². The van der Waals surface area contributed by atoms with Crippen LogP contribution < -0.4 is 9.21 Å². The Balaban J connectivity index is 2.26. The van der Waals surface area contributed by atoms with Gasteiger partial charge in [-0.3, -0.25) is 9.10 Å². The van der Waals surface area contributed by atoms with Gasteiger partial charge in [-0.25, -0.2) is 8.42 Å². The topological polar surface area (TPSA) is 57.7 Å². The minimum absolute atomic E-state index is 0.104. The van der Waals surface area contributed by atoms with Gasteiger partial charge in [-0.2, -0.15) is 0 Å². The number of carbonyl (C=O) groups excluding carboxylic acids is 1. The average Bonchev–Trinajstić information content (AvgIpc) is 2.52. The highest BCUT2D eigenvalue weighted by atomic mass is 32.2. The standard InChI is InChI=1S/C17H20N2O3S/c1-13-7-5-6-8-16(13)17(20)18(2)14-9-11-15(12-10-14)19(3)23(4,21)22/h5-12H,1-4H3. The molecule has 0 fully saturated rings. The fourth-order valence-electron chi connectivity index (χ4n) is 2.19. The highest BCUT2D eigenvalue weighted by molar-refractivity contribution is 7.92. The first-order chi connectivity index (χ1) is 10.7. The summed E-state index contributed by atoms with van der Waals surface area (Å²) in [6, 6.07) is 14.2. The Morgan fingerprint density at radius 3 is 1.96 bits per heavy atom. The number of hydrogen-bond donors (Lipinski definition) is 0. The van der Waals surface area contributed by atoms with Gasteiger partial charge in [0.1, 0.15) is 0 Å². The Hall–Kier alpha value is -2.34. The lowest BCUT2D eigenvalue weighted by atomic mass is 10.1. The number of nitrogens with zero attached hydrogens (tertiary/aromatic N) is 2. The summed E-state index contributed by atoms with van der Waals surface area (Å²) in [7, 11) is -0.110. The van der Waals surface area contributed by atoms with E-state index in [9.17, 15) is 13.2 Å². The SMILES string of the molecule is Cc1ccccc1C(=O)N(C)c1ccc(N(C)S(C)(=O)=O)cc1. The van der Waals surface area contributed by atoms with Gasteiger partial charge in [-0.05, 0) is 42.8 Å². The van der Waals surface area contributed by atoms with Gasteiger partial charge in [-0.15, -0.1) is 0 Å². The highest BCUT2D eigenvalue weighted by Crippen LogP contribution is 2.22. The molecule has 2 rings (SSSR count). The molecular formula is C17H20N2O3S. The van der Waals surface area contributed by atoms with Gasteiger partial charge in [0.05, 0.1) is 11.9 Å². The molecule has 0 aliphatic heterocycles. The minimum Gasteiger partial charge on any atom is -0.311 e. The molecule has 0 unspecified atom stereocenters. The van der Waals surface area contributed by atoms with Crippen molar-refractivity contribution in [3.8, 4) is 0 Å². The fourth-order valence-corrected chi connectivity index (χ4v) is 2.69. The Morgan fingerprint density at radius 1 is 0.913 bits per heavy atom. The second kappa shape index (κ2) is 6.42. The van der Waals surface area contributed by atoms with Crippen LogP contribution in [0.2, 0.25) is 0 Å². The predicted octanol–water partition coefficient (Wildman–Crippen LogP) is 2.67. The summed E-state index contributed by atoms with van der Waals surface area (Å²) >= 11 is 0. The lowest BCUT2D eigenvalue weighted by molar-refractivity contribution is 0.0992. The van der Waals surface area contributed by atoms with Gasteiger partial charge < -0.3 is 4.90 Å². The van der Waals surface area contributed by atoms with E-state index in [4.69, 9.17) is 0 Å². The summed E-state index contributed by atoms with van der Waals surface area (Å²) in [5, 5.41) is 0. The molecule has 0 saturated carbocycles. The third kappa shape index (κ3) is 3.71. The van der Waals surface area contributed by atoms with Crippen LogP contribution in [0.1, 0.15) is 15.9 Å². The van der Waals surface area contributed by atoms with Crippen molar-refractivity contribution in [1.29, 1.82) is 0 Å². The molecule has 2 aromatic rings. The molecule has 6 heteroatoms. The maximum absolute atomic E-state index is 12.6. The van der Waals surface area contributed by atoms with E-state index in [0.717, 1.165) is 11.8 Å².